The fourth-order valence-electron chi connectivity index (χ4n) is 2.96. The number of aliphatic hydroxyl groups is 1. The highest BCUT2D eigenvalue weighted by Gasteiger charge is 2.40. The lowest BCUT2D eigenvalue weighted by molar-refractivity contribution is 0.0800. The molecular weight excluding hydrogens is 274 g/mol. The van der Waals surface area contributed by atoms with Gasteiger partial charge in [0.2, 0.25) is 0 Å². The van der Waals surface area contributed by atoms with Gasteiger partial charge in [-0.1, -0.05) is 17.7 Å². The number of methoxy groups -OCH3 is 1. The Balaban J connectivity index is 2.19. The summed E-state index contributed by atoms with van der Waals surface area (Å²) in [5, 5.41) is 11.7. The van der Waals surface area contributed by atoms with E-state index in [0.29, 0.717) is 28.4 Å². The number of hydrogen-bond donors (Lipinski definition) is 2. The van der Waals surface area contributed by atoms with Gasteiger partial charge in [-0.15, -0.1) is 0 Å². The molecule has 0 bridgehead atoms. The third kappa shape index (κ3) is 1.94. The van der Waals surface area contributed by atoms with Crippen molar-refractivity contribution >= 4 is 17.3 Å². The van der Waals surface area contributed by atoms with E-state index >= 15 is 0 Å². The molecule has 1 aliphatic rings. The second kappa shape index (κ2) is 4.69. The third-order valence-corrected chi connectivity index (χ3v) is 4.17. The minimum Gasteiger partial charge on any atom is -0.496 e. The van der Waals surface area contributed by atoms with Gasteiger partial charge in [0, 0.05) is 16.3 Å². The van der Waals surface area contributed by atoms with E-state index in [1.165, 1.54) is 0 Å². The number of anilines is 1. The van der Waals surface area contributed by atoms with Crippen LogP contribution in [0.15, 0.2) is 36.4 Å². The second-order valence-electron chi connectivity index (χ2n) is 5.12. The molecule has 1 aliphatic carbocycles. The van der Waals surface area contributed by atoms with Crippen molar-refractivity contribution in [2.45, 2.75) is 18.4 Å². The molecule has 0 saturated heterocycles. The van der Waals surface area contributed by atoms with Gasteiger partial charge >= 0.3 is 0 Å². The zero-order valence-electron chi connectivity index (χ0n) is 11.2. The van der Waals surface area contributed by atoms with Crippen molar-refractivity contribution in [1.82, 2.24) is 0 Å². The Hall–Kier alpha value is -1.71. The van der Waals surface area contributed by atoms with Gasteiger partial charge in [0.25, 0.3) is 0 Å². The molecule has 0 radical (unpaired) electrons. The first-order valence-electron chi connectivity index (χ1n) is 6.50. The summed E-state index contributed by atoms with van der Waals surface area (Å²) in [6, 6.07) is 10.9. The lowest BCUT2D eigenvalue weighted by Gasteiger charge is -2.27. The fourth-order valence-corrected chi connectivity index (χ4v) is 3.13. The molecule has 1 atom stereocenters. The molecule has 0 amide bonds. The van der Waals surface area contributed by atoms with E-state index in [9.17, 15) is 5.11 Å². The summed E-state index contributed by atoms with van der Waals surface area (Å²) < 4.78 is 5.37. The van der Waals surface area contributed by atoms with Gasteiger partial charge in [-0.25, -0.2) is 0 Å². The predicted molar refractivity (Wildman–Crippen MR) is 80.2 cm³/mol. The molecule has 104 valence electrons. The molecule has 0 heterocycles. The van der Waals surface area contributed by atoms with Gasteiger partial charge < -0.3 is 15.6 Å². The van der Waals surface area contributed by atoms with Crippen LogP contribution in [0.2, 0.25) is 5.02 Å². The summed E-state index contributed by atoms with van der Waals surface area (Å²) in [6.07, 6.45) is 1.38. The van der Waals surface area contributed by atoms with Crippen LogP contribution >= 0.6 is 11.6 Å². The first kappa shape index (κ1) is 13.3. The largest absolute Gasteiger partial charge is 0.496 e. The zero-order chi connectivity index (χ0) is 14.3. The van der Waals surface area contributed by atoms with Gasteiger partial charge in [-0.3, -0.25) is 0 Å². The molecule has 4 heteroatoms. The minimum atomic E-state index is -1.07. The topological polar surface area (TPSA) is 55.5 Å². The van der Waals surface area contributed by atoms with Gasteiger partial charge in [0.1, 0.15) is 11.4 Å². The van der Waals surface area contributed by atoms with Crippen molar-refractivity contribution in [3.63, 3.8) is 0 Å². The number of ether oxygens (including phenoxy) is 1. The summed E-state index contributed by atoms with van der Waals surface area (Å²) in [5.74, 6) is 0.640. The maximum absolute atomic E-state index is 11.2. The molecule has 2 aromatic carbocycles. The maximum atomic E-state index is 11.2. The molecule has 0 aromatic heterocycles. The molecule has 2 aromatic rings. The van der Waals surface area contributed by atoms with Crippen LogP contribution in [0.3, 0.4) is 0 Å². The quantitative estimate of drug-likeness (QED) is 0.835. The van der Waals surface area contributed by atoms with Crippen LogP contribution in [0.1, 0.15) is 23.1 Å². The van der Waals surface area contributed by atoms with E-state index in [1.807, 2.05) is 18.2 Å². The second-order valence-corrected chi connectivity index (χ2v) is 5.56. The summed E-state index contributed by atoms with van der Waals surface area (Å²) in [7, 11) is 1.59. The standard InChI is InChI=1S/C16H16ClNO2/c1-20-15-5-2-11(17)9-14(15)16(19)7-6-10-8-12(18)3-4-13(10)16/h2-5,8-9,19H,6-7,18H2,1H3. The van der Waals surface area contributed by atoms with E-state index in [0.717, 1.165) is 17.5 Å². The number of nitrogen functional groups attached to an aromatic ring is 1. The predicted octanol–water partition coefficient (Wildman–Crippen LogP) is 3.11. The normalized spacial score (nSPS) is 20.8. The van der Waals surface area contributed by atoms with Crippen molar-refractivity contribution in [1.29, 1.82) is 0 Å². The summed E-state index contributed by atoms with van der Waals surface area (Å²) in [6.45, 7) is 0. The first-order chi connectivity index (χ1) is 9.54. The lowest BCUT2D eigenvalue weighted by Crippen LogP contribution is -2.24. The first-order valence-corrected chi connectivity index (χ1v) is 6.87. The Morgan fingerprint density at radius 1 is 1.20 bits per heavy atom. The van der Waals surface area contributed by atoms with Crippen molar-refractivity contribution in [2.24, 2.45) is 0 Å². The van der Waals surface area contributed by atoms with Gasteiger partial charge in [-0.05, 0) is 54.3 Å². The Bertz CT molecular complexity index is 672. The number of fused-ring (bicyclic) bond motifs is 1. The Morgan fingerprint density at radius 3 is 2.75 bits per heavy atom. The Labute approximate surface area is 122 Å². The number of benzene rings is 2. The molecule has 3 rings (SSSR count). The third-order valence-electron chi connectivity index (χ3n) is 3.94. The Morgan fingerprint density at radius 2 is 2.00 bits per heavy atom. The average molecular weight is 290 g/mol. The zero-order valence-corrected chi connectivity index (χ0v) is 11.9. The van der Waals surface area contributed by atoms with E-state index in [-0.39, 0.29) is 0 Å². The highest BCUT2D eigenvalue weighted by Crippen LogP contribution is 2.46. The molecule has 3 nitrogen and oxygen atoms in total. The van der Waals surface area contributed by atoms with Crippen LogP contribution in [0.25, 0.3) is 0 Å². The monoisotopic (exact) mass is 289 g/mol. The van der Waals surface area contributed by atoms with Crippen LogP contribution in [-0.4, -0.2) is 12.2 Å². The summed E-state index contributed by atoms with van der Waals surface area (Å²) >= 11 is 6.08. The average Bonchev–Trinajstić information content (AvgIpc) is 2.77. The van der Waals surface area contributed by atoms with Crippen LogP contribution < -0.4 is 10.5 Å². The van der Waals surface area contributed by atoms with Gasteiger partial charge in [0.15, 0.2) is 0 Å². The molecule has 3 N–H and O–H groups in total. The van der Waals surface area contributed by atoms with Crippen molar-refractivity contribution in [3.8, 4) is 5.75 Å². The molecule has 0 spiro atoms. The van der Waals surface area contributed by atoms with E-state index in [4.69, 9.17) is 22.1 Å². The smallest absolute Gasteiger partial charge is 0.125 e. The maximum Gasteiger partial charge on any atom is 0.125 e. The van der Waals surface area contributed by atoms with Crippen LogP contribution in [-0.2, 0) is 12.0 Å². The van der Waals surface area contributed by atoms with Crippen molar-refractivity contribution in [3.05, 3.63) is 58.1 Å². The summed E-state index contributed by atoms with van der Waals surface area (Å²) in [4.78, 5) is 0. The van der Waals surface area contributed by atoms with Crippen LogP contribution in [0, 0.1) is 0 Å². The molecular formula is C16H16ClNO2. The highest BCUT2D eigenvalue weighted by molar-refractivity contribution is 6.30. The molecule has 20 heavy (non-hydrogen) atoms. The lowest BCUT2D eigenvalue weighted by atomic mass is 9.87. The van der Waals surface area contributed by atoms with Gasteiger partial charge in [-0.2, -0.15) is 0 Å². The summed E-state index contributed by atoms with van der Waals surface area (Å²) in [5.41, 5.74) is 8.12. The van der Waals surface area contributed by atoms with E-state index in [2.05, 4.69) is 0 Å². The Kier molecular flexibility index (Phi) is 3.11. The number of halogens is 1. The van der Waals surface area contributed by atoms with Crippen molar-refractivity contribution < 1.29 is 9.84 Å². The number of rotatable bonds is 2. The number of aryl methyl sites for hydroxylation is 1. The molecule has 0 saturated carbocycles. The van der Waals surface area contributed by atoms with E-state index in [1.54, 1.807) is 25.3 Å². The van der Waals surface area contributed by atoms with Crippen LogP contribution in [0.4, 0.5) is 5.69 Å². The van der Waals surface area contributed by atoms with Crippen LogP contribution in [0.5, 0.6) is 5.75 Å². The molecule has 0 fully saturated rings. The SMILES string of the molecule is COc1ccc(Cl)cc1C1(O)CCc2cc(N)ccc21. The fraction of sp³-hybridized carbons (Fsp3) is 0.250. The molecule has 0 aliphatic heterocycles. The highest BCUT2D eigenvalue weighted by atomic mass is 35.5. The minimum absolute atomic E-state index is 0.582. The van der Waals surface area contributed by atoms with Gasteiger partial charge in [0.05, 0.1) is 7.11 Å². The molecule has 1 unspecified atom stereocenters. The van der Waals surface area contributed by atoms with Crippen molar-refractivity contribution in [2.75, 3.05) is 12.8 Å². The number of nitrogens with two attached hydrogens (primary N) is 1. The number of hydrogen-bond acceptors (Lipinski definition) is 3. The van der Waals surface area contributed by atoms with E-state index < -0.39 is 5.60 Å².